The lowest BCUT2D eigenvalue weighted by Gasteiger charge is -2.20. The summed E-state index contributed by atoms with van der Waals surface area (Å²) in [4.78, 5) is -0.134. The zero-order chi connectivity index (χ0) is 13.5. The van der Waals surface area contributed by atoms with Crippen LogP contribution in [0.5, 0.6) is 0 Å². The van der Waals surface area contributed by atoms with Gasteiger partial charge in [-0.1, -0.05) is 6.07 Å². The SMILES string of the molecule is Cc1ccc(S(=O)(=O)O)c(C)c1[C@H]1OCC[C@@H]1O. The minimum absolute atomic E-state index is 0.134. The van der Waals surface area contributed by atoms with Gasteiger partial charge in [-0.2, -0.15) is 8.42 Å². The van der Waals surface area contributed by atoms with Crippen LogP contribution in [0.2, 0.25) is 0 Å². The monoisotopic (exact) mass is 272 g/mol. The Hall–Kier alpha value is -0.950. The summed E-state index contributed by atoms with van der Waals surface area (Å²) in [6.07, 6.45) is -0.634. The first kappa shape index (κ1) is 13.5. The number of aryl methyl sites for hydroxylation is 1. The van der Waals surface area contributed by atoms with Gasteiger partial charge in [-0.3, -0.25) is 4.55 Å². The molecule has 18 heavy (non-hydrogen) atoms. The Balaban J connectivity index is 2.60. The average molecular weight is 272 g/mol. The molecule has 0 bridgehead atoms. The first-order valence-electron chi connectivity index (χ1n) is 5.69. The van der Waals surface area contributed by atoms with Crippen molar-refractivity contribution in [1.82, 2.24) is 0 Å². The molecular formula is C12H16O5S. The number of benzene rings is 1. The maximum atomic E-state index is 11.3. The van der Waals surface area contributed by atoms with Crippen LogP contribution in [0, 0.1) is 13.8 Å². The van der Waals surface area contributed by atoms with Crippen molar-refractivity contribution in [3.63, 3.8) is 0 Å². The number of rotatable bonds is 2. The highest BCUT2D eigenvalue weighted by atomic mass is 32.2. The number of aliphatic hydroxyl groups excluding tert-OH is 1. The molecule has 1 saturated heterocycles. The highest BCUT2D eigenvalue weighted by Crippen LogP contribution is 2.35. The summed E-state index contributed by atoms with van der Waals surface area (Å²) in [6.45, 7) is 3.88. The van der Waals surface area contributed by atoms with Crippen molar-refractivity contribution in [3.05, 3.63) is 28.8 Å². The van der Waals surface area contributed by atoms with Crippen LogP contribution in [0.3, 0.4) is 0 Å². The standard InChI is InChI=1S/C12H16O5S/c1-7-3-4-10(18(14,15)16)8(2)11(7)12-9(13)5-6-17-12/h3-4,9,12-13H,5-6H2,1-2H3,(H,14,15,16)/t9-,12-/m0/s1. The second kappa shape index (κ2) is 4.62. The molecule has 0 amide bonds. The smallest absolute Gasteiger partial charge is 0.294 e. The van der Waals surface area contributed by atoms with E-state index in [1.165, 1.54) is 6.07 Å². The molecule has 0 unspecified atom stereocenters. The molecule has 5 nitrogen and oxygen atoms in total. The zero-order valence-electron chi connectivity index (χ0n) is 10.3. The van der Waals surface area contributed by atoms with Gasteiger partial charge < -0.3 is 9.84 Å². The van der Waals surface area contributed by atoms with Crippen LogP contribution in [-0.2, 0) is 14.9 Å². The number of hydrogen-bond acceptors (Lipinski definition) is 4. The van der Waals surface area contributed by atoms with Crippen molar-refractivity contribution in [3.8, 4) is 0 Å². The van der Waals surface area contributed by atoms with Crippen LogP contribution >= 0.6 is 0 Å². The molecule has 0 saturated carbocycles. The third-order valence-electron chi connectivity index (χ3n) is 3.31. The molecule has 2 N–H and O–H groups in total. The first-order chi connectivity index (χ1) is 8.32. The maximum Gasteiger partial charge on any atom is 0.294 e. The van der Waals surface area contributed by atoms with Crippen molar-refractivity contribution in [1.29, 1.82) is 0 Å². The molecule has 6 heteroatoms. The van der Waals surface area contributed by atoms with Gasteiger partial charge in [-0.15, -0.1) is 0 Å². The number of ether oxygens (including phenoxy) is 1. The normalized spacial score (nSPS) is 24.4. The summed E-state index contributed by atoms with van der Waals surface area (Å²) in [5.74, 6) is 0. The van der Waals surface area contributed by atoms with Gasteiger partial charge in [0.15, 0.2) is 0 Å². The zero-order valence-corrected chi connectivity index (χ0v) is 11.1. The van der Waals surface area contributed by atoms with Gasteiger partial charge in [0.1, 0.15) is 6.10 Å². The molecule has 1 aromatic carbocycles. The Morgan fingerprint density at radius 1 is 1.33 bits per heavy atom. The molecule has 100 valence electrons. The van der Waals surface area contributed by atoms with Crippen molar-refractivity contribution >= 4 is 10.1 Å². The van der Waals surface area contributed by atoms with Crippen LogP contribution in [0.15, 0.2) is 17.0 Å². The molecule has 1 aliphatic heterocycles. The van der Waals surface area contributed by atoms with Crippen LogP contribution in [0.1, 0.15) is 29.2 Å². The summed E-state index contributed by atoms with van der Waals surface area (Å²) < 4.78 is 37.1. The molecule has 0 aliphatic carbocycles. The van der Waals surface area contributed by atoms with Crippen LogP contribution in [0.4, 0.5) is 0 Å². The van der Waals surface area contributed by atoms with Crippen LogP contribution in [-0.4, -0.2) is 30.8 Å². The molecule has 1 aliphatic rings. The summed E-state index contributed by atoms with van der Waals surface area (Å²) >= 11 is 0. The van der Waals surface area contributed by atoms with E-state index in [0.717, 1.165) is 5.56 Å². The lowest BCUT2D eigenvalue weighted by molar-refractivity contribution is 0.0407. The van der Waals surface area contributed by atoms with Gasteiger partial charge in [0, 0.05) is 0 Å². The lowest BCUT2D eigenvalue weighted by Crippen LogP contribution is -2.16. The van der Waals surface area contributed by atoms with Gasteiger partial charge in [0.05, 0.1) is 17.6 Å². The molecule has 2 atom stereocenters. The van der Waals surface area contributed by atoms with Crippen LogP contribution in [0.25, 0.3) is 0 Å². The van der Waals surface area contributed by atoms with Gasteiger partial charge in [-0.25, -0.2) is 0 Å². The first-order valence-corrected chi connectivity index (χ1v) is 7.13. The molecule has 2 rings (SSSR count). The fourth-order valence-corrected chi connectivity index (χ4v) is 3.15. The second-order valence-corrected chi connectivity index (χ2v) is 5.93. The molecule has 0 spiro atoms. The molecule has 1 fully saturated rings. The second-order valence-electron chi connectivity index (χ2n) is 4.54. The van der Waals surface area contributed by atoms with E-state index in [2.05, 4.69) is 0 Å². The number of aliphatic hydroxyl groups is 1. The summed E-state index contributed by atoms with van der Waals surface area (Å²) in [7, 11) is -4.26. The predicted molar refractivity (Wildman–Crippen MR) is 65.0 cm³/mol. The Labute approximate surface area is 106 Å². The van der Waals surface area contributed by atoms with E-state index in [4.69, 9.17) is 9.29 Å². The van der Waals surface area contributed by atoms with Gasteiger partial charge in [0.25, 0.3) is 10.1 Å². The molecular weight excluding hydrogens is 256 g/mol. The molecule has 0 radical (unpaired) electrons. The fourth-order valence-electron chi connectivity index (χ4n) is 2.42. The third-order valence-corrected chi connectivity index (χ3v) is 4.30. The van der Waals surface area contributed by atoms with Crippen molar-refractivity contribution < 1.29 is 22.8 Å². The van der Waals surface area contributed by atoms with E-state index in [0.29, 0.717) is 24.2 Å². The Bertz CT molecular complexity index is 564. The largest absolute Gasteiger partial charge is 0.390 e. The summed E-state index contributed by atoms with van der Waals surface area (Å²) in [5.41, 5.74) is 1.92. The van der Waals surface area contributed by atoms with Crippen molar-refractivity contribution in [2.45, 2.75) is 37.4 Å². The summed E-state index contributed by atoms with van der Waals surface area (Å²) in [6, 6.07) is 2.98. The highest BCUT2D eigenvalue weighted by Gasteiger charge is 2.31. The van der Waals surface area contributed by atoms with Gasteiger partial charge in [0.2, 0.25) is 0 Å². The topological polar surface area (TPSA) is 83.8 Å². The molecule has 0 aromatic heterocycles. The third kappa shape index (κ3) is 2.29. The van der Waals surface area contributed by atoms with Crippen molar-refractivity contribution in [2.75, 3.05) is 6.61 Å². The van der Waals surface area contributed by atoms with Gasteiger partial charge >= 0.3 is 0 Å². The van der Waals surface area contributed by atoms with Crippen molar-refractivity contribution in [2.24, 2.45) is 0 Å². The minimum Gasteiger partial charge on any atom is -0.390 e. The average Bonchev–Trinajstić information content (AvgIpc) is 2.63. The highest BCUT2D eigenvalue weighted by molar-refractivity contribution is 7.85. The quantitative estimate of drug-likeness (QED) is 0.794. The van der Waals surface area contributed by atoms with E-state index in [1.54, 1.807) is 13.0 Å². The Morgan fingerprint density at radius 2 is 2.00 bits per heavy atom. The van der Waals surface area contributed by atoms with E-state index >= 15 is 0 Å². The summed E-state index contributed by atoms with van der Waals surface area (Å²) in [5, 5.41) is 9.85. The van der Waals surface area contributed by atoms with E-state index in [-0.39, 0.29) is 4.90 Å². The maximum absolute atomic E-state index is 11.3. The van der Waals surface area contributed by atoms with Crippen LogP contribution < -0.4 is 0 Å². The fraction of sp³-hybridized carbons (Fsp3) is 0.500. The van der Waals surface area contributed by atoms with E-state index in [1.807, 2.05) is 6.92 Å². The minimum atomic E-state index is -4.26. The molecule has 1 heterocycles. The Morgan fingerprint density at radius 3 is 2.50 bits per heavy atom. The Kier molecular flexibility index (Phi) is 3.46. The van der Waals surface area contributed by atoms with Gasteiger partial charge in [-0.05, 0) is 43.0 Å². The van der Waals surface area contributed by atoms with E-state index in [9.17, 15) is 13.5 Å². The molecule has 1 aromatic rings. The number of hydrogen-bond donors (Lipinski definition) is 2. The van der Waals surface area contributed by atoms with E-state index < -0.39 is 22.3 Å². The predicted octanol–water partition coefficient (Wildman–Crippen LogP) is 1.37. The lowest BCUT2D eigenvalue weighted by atomic mass is 9.95.